The van der Waals surface area contributed by atoms with E-state index in [1.54, 1.807) is 0 Å². The summed E-state index contributed by atoms with van der Waals surface area (Å²) in [4.78, 5) is 13.9. The highest BCUT2D eigenvalue weighted by atomic mass is 16.2. The number of carbonyl (C=O) groups excluding carboxylic acids is 1. The summed E-state index contributed by atoms with van der Waals surface area (Å²) in [6.45, 7) is 7.71. The molecule has 1 aromatic carbocycles. The Morgan fingerprint density at radius 1 is 1.43 bits per heavy atom. The van der Waals surface area contributed by atoms with Gasteiger partial charge >= 0.3 is 0 Å². The molecule has 0 bridgehead atoms. The highest BCUT2D eigenvalue weighted by molar-refractivity contribution is 5.78. The Bertz CT molecular complexity index is 515. The normalized spacial score (nSPS) is 10.4. The van der Waals surface area contributed by atoms with Crippen molar-refractivity contribution in [3.63, 3.8) is 0 Å². The highest BCUT2D eigenvalue weighted by Gasteiger charge is 2.10. The van der Waals surface area contributed by atoms with E-state index in [2.05, 4.69) is 22.1 Å². The molecule has 21 heavy (non-hydrogen) atoms. The van der Waals surface area contributed by atoms with Crippen molar-refractivity contribution in [2.75, 3.05) is 19.7 Å². The van der Waals surface area contributed by atoms with E-state index in [1.165, 1.54) is 0 Å². The van der Waals surface area contributed by atoms with Crippen LogP contribution in [0.3, 0.4) is 0 Å². The third-order valence-corrected chi connectivity index (χ3v) is 2.91. The lowest BCUT2D eigenvalue weighted by Gasteiger charge is -2.20. The summed E-state index contributed by atoms with van der Waals surface area (Å²) in [6, 6.07) is 8.03. The van der Waals surface area contributed by atoms with E-state index in [-0.39, 0.29) is 18.6 Å². The Morgan fingerprint density at radius 3 is 2.81 bits per heavy atom. The molecule has 0 spiro atoms. The van der Waals surface area contributed by atoms with Gasteiger partial charge in [-0.3, -0.25) is 9.69 Å². The largest absolute Gasteiger partial charge is 0.384 e. The van der Waals surface area contributed by atoms with Gasteiger partial charge in [0, 0.05) is 18.2 Å². The number of nitrogens with one attached hydrogen (secondary N) is 1. The molecule has 0 atom stereocenters. The number of hydrogen-bond acceptors (Lipinski definition) is 3. The highest BCUT2D eigenvalue weighted by Crippen LogP contribution is 2.07. The number of aliphatic hydroxyl groups is 1. The predicted octanol–water partition coefficient (Wildman–Crippen LogP) is 1.38. The fraction of sp³-hybridized carbons (Fsp3) is 0.471. The second-order valence-electron chi connectivity index (χ2n) is 5.19. The molecule has 2 N–H and O–H groups in total. The van der Waals surface area contributed by atoms with Gasteiger partial charge in [-0.1, -0.05) is 30.9 Å². The number of amides is 1. The van der Waals surface area contributed by atoms with E-state index in [1.807, 2.05) is 45.0 Å². The van der Waals surface area contributed by atoms with Gasteiger partial charge in [0.2, 0.25) is 5.91 Å². The molecule has 4 nitrogen and oxygen atoms in total. The third-order valence-electron chi connectivity index (χ3n) is 2.91. The number of hydrogen-bond donors (Lipinski definition) is 2. The van der Waals surface area contributed by atoms with Crippen LogP contribution < -0.4 is 5.32 Å². The van der Waals surface area contributed by atoms with E-state index >= 15 is 0 Å². The molecule has 0 radical (unpaired) electrons. The van der Waals surface area contributed by atoms with Crippen molar-refractivity contribution in [1.82, 2.24) is 10.2 Å². The van der Waals surface area contributed by atoms with Crippen LogP contribution in [0.2, 0.25) is 0 Å². The maximum atomic E-state index is 11.8. The summed E-state index contributed by atoms with van der Waals surface area (Å²) in [5.74, 6) is 5.58. The van der Waals surface area contributed by atoms with Crippen LogP contribution in [-0.4, -0.2) is 41.7 Å². The SMILES string of the molecule is CCN(CC(=O)NC(C)C)Cc1cccc(C#CCO)c1. The Kier molecular flexibility index (Phi) is 7.52. The molecule has 0 saturated carbocycles. The molecule has 0 unspecified atom stereocenters. The van der Waals surface area contributed by atoms with Crippen molar-refractivity contribution >= 4 is 5.91 Å². The van der Waals surface area contributed by atoms with Crippen LogP contribution in [0, 0.1) is 11.8 Å². The molecule has 114 valence electrons. The Balaban J connectivity index is 2.66. The lowest BCUT2D eigenvalue weighted by molar-refractivity contribution is -0.122. The fourth-order valence-corrected chi connectivity index (χ4v) is 2.00. The first-order chi connectivity index (χ1) is 10.0. The molecule has 1 amide bonds. The number of benzene rings is 1. The summed E-state index contributed by atoms with van der Waals surface area (Å²) in [7, 11) is 0. The fourth-order valence-electron chi connectivity index (χ4n) is 2.00. The summed E-state index contributed by atoms with van der Waals surface area (Å²) in [5, 5.41) is 11.6. The van der Waals surface area contributed by atoms with Crippen molar-refractivity contribution < 1.29 is 9.90 Å². The summed E-state index contributed by atoms with van der Waals surface area (Å²) < 4.78 is 0. The van der Waals surface area contributed by atoms with Crippen LogP contribution in [-0.2, 0) is 11.3 Å². The van der Waals surface area contributed by atoms with Crippen molar-refractivity contribution in [1.29, 1.82) is 0 Å². The number of nitrogens with zero attached hydrogens (tertiary/aromatic N) is 1. The lowest BCUT2D eigenvalue weighted by Crippen LogP contribution is -2.39. The molecule has 0 fully saturated rings. The van der Waals surface area contributed by atoms with Crippen LogP contribution in [0.15, 0.2) is 24.3 Å². The first-order valence-electron chi connectivity index (χ1n) is 7.25. The maximum Gasteiger partial charge on any atom is 0.234 e. The summed E-state index contributed by atoms with van der Waals surface area (Å²) >= 11 is 0. The molecular formula is C17H24N2O2. The van der Waals surface area contributed by atoms with Crippen molar-refractivity contribution in [3.05, 3.63) is 35.4 Å². The van der Waals surface area contributed by atoms with Crippen LogP contribution in [0.4, 0.5) is 0 Å². The first-order valence-corrected chi connectivity index (χ1v) is 7.25. The molecule has 0 aliphatic heterocycles. The molecule has 4 heteroatoms. The maximum absolute atomic E-state index is 11.8. The predicted molar refractivity (Wildman–Crippen MR) is 84.6 cm³/mol. The second kappa shape index (κ2) is 9.17. The zero-order valence-corrected chi connectivity index (χ0v) is 13.0. The monoisotopic (exact) mass is 288 g/mol. The zero-order chi connectivity index (χ0) is 15.7. The zero-order valence-electron chi connectivity index (χ0n) is 13.0. The first kappa shape index (κ1) is 17.2. The molecule has 0 aromatic heterocycles. The quantitative estimate of drug-likeness (QED) is 0.778. The number of aliphatic hydroxyl groups excluding tert-OH is 1. The van der Waals surface area contributed by atoms with E-state index < -0.39 is 0 Å². The van der Waals surface area contributed by atoms with Gasteiger partial charge in [0.1, 0.15) is 6.61 Å². The van der Waals surface area contributed by atoms with Crippen molar-refractivity contribution in [2.24, 2.45) is 0 Å². The minimum atomic E-state index is -0.138. The Morgan fingerprint density at radius 2 is 2.19 bits per heavy atom. The molecule has 1 aromatic rings. The van der Waals surface area contributed by atoms with Gasteiger partial charge in [-0.2, -0.15) is 0 Å². The van der Waals surface area contributed by atoms with Gasteiger partial charge in [0.15, 0.2) is 0 Å². The van der Waals surface area contributed by atoms with Gasteiger partial charge < -0.3 is 10.4 Å². The minimum Gasteiger partial charge on any atom is -0.384 e. The van der Waals surface area contributed by atoms with Gasteiger partial charge in [0.05, 0.1) is 6.54 Å². The van der Waals surface area contributed by atoms with Crippen LogP contribution in [0.1, 0.15) is 31.9 Å². The molecule has 0 heterocycles. The van der Waals surface area contributed by atoms with Crippen molar-refractivity contribution in [2.45, 2.75) is 33.4 Å². The van der Waals surface area contributed by atoms with Gasteiger partial charge in [-0.15, -0.1) is 0 Å². The molecule has 0 aliphatic rings. The average molecular weight is 288 g/mol. The molecule has 0 saturated heterocycles. The van der Waals surface area contributed by atoms with E-state index in [9.17, 15) is 4.79 Å². The van der Waals surface area contributed by atoms with Gasteiger partial charge in [-0.25, -0.2) is 0 Å². The number of carbonyl (C=O) groups is 1. The average Bonchev–Trinajstić information content (AvgIpc) is 2.44. The molecule has 0 aliphatic carbocycles. The Hall–Kier alpha value is -1.83. The number of likely N-dealkylation sites (N-methyl/N-ethyl adjacent to an activating group) is 1. The van der Waals surface area contributed by atoms with Gasteiger partial charge in [-0.05, 0) is 38.1 Å². The van der Waals surface area contributed by atoms with E-state index in [0.717, 1.165) is 17.7 Å². The van der Waals surface area contributed by atoms with Crippen LogP contribution in [0.5, 0.6) is 0 Å². The summed E-state index contributed by atoms with van der Waals surface area (Å²) in [5.41, 5.74) is 1.99. The second-order valence-corrected chi connectivity index (χ2v) is 5.19. The smallest absolute Gasteiger partial charge is 0.234 e. The van der Waals surface area contributed by atoms with Gasteiger partial charge in [0.25, 0.3) is 0 Å². The molecular weight excluding hydrogens is 264 g/mol. The lowest BCUT2D eigenvalue weighted by atomic mass is 10.1. The topological polar surface area (TPSA) is 52.6 Å². The third kappa shape index (κ3) is 6.94. The standard InChI is InChI=1S/C17H24N2O2/c1-4-19(13-17(21)18-14(2)3)12-16-8-5-7-15(11-16)9-6-10-20/h5,7-8,11,14,20H,4,10,12-13H2,1-3H3,(H,18,21). The van der Waals surface area contributed by atoms with Crippen LogP contribution in [0.25, 0.3) is 0 Å². The Labute approximate surface area is 127 Å². The van der Waals surface area contributed by atoms with Crippen molar-refractivity contribution in [3.8, 4) is 11.8 Å². The van der Waals surface area contributed by atoms with E-state index in [4.69, 9.17) is 5.11 Å². The minimum absolute atomic E-state index is 0.0445. The van der Waals surface area contributed by atoms with E-state index in [0.29, 0.717) is 13.1 Å². The van der Waals surface area contributed by atoms with Crippen LogP contribution >= 0.6 is 0 Å². The molecule has 1 rings (SSSR count). The summed E-state index contributed by atoms with van der Waals surface area (Å²) in [6.07, 6.45) is 0. The number of rotatable bonds is 6.